The number of phenols is 1. The maximum Gasteiger partial charge on any atom is 0.417 e. The van der Waals surface area contributed by atoms with Gasteiger partial charge in [-0.15, -0.1) is 0 Å². The molecule has 2 bridgehead atoms. The summed E-state index contributed by atoms with van der Waals surface area (Å²) in [5.74, 6) is -8.50. The monoisotopic (exact) mass is 675 g/mol. The zero-order chi connectivity index (χ0) is 35.6. The van der Waals surface area contributed by atoms with Crippen molar-refractivity contribution in [2.45, 2.75) is 90.2 Å². The predicted octanol–water partition coefficient (Wildman–Crippen LogP) is 4.02. The van der Waals surface area contributed by atoms with Crippen molar-refractivity contribution in [2.75, 3.05) is 20.6 Å². The molecule has 1 aromatic rings. The Hall–Kier alpha value is -3.42. The number of Topliss-reactive ketones (excluding diaryl/α,β-unsaturated/α-hetero) is 2. The molecule has 0 aliphatic heterocycles. The van der Waals surface area contributed by atoms with E-state index in [1.165, 1.54) is 19.0 Å². The number of likely N-dealkylation sites (N-methyl/N-ethyl adjacent to an activating group) is 1. The average molecular weight is 676 g/mol. The minimum atomic E-state index is -4.90. The van der Waals surface area contributed by atoms with Gasteiger partial charge in [-0.2, -0.15) is 13.2 Å². The summed E-state index contributed by atoms with van der Waals surface area (Å²) in [4.78, 5) is 43.0. The molecule has 0 aromatic heterocycles. The second kappa shape index (κ2) is 10.8. The summed E-state index contributed by atoms with van der Waals surface area (Å²) < 4.78 is 45.5. The molecule has 262 valence electrons. The first-order valence-corrected chi connectivity index (χ1v) is 16.5. The van der Waals surface area contributed by atoms with E-state index in [-0.39, 0.29) is 41.0 Å². The summed E-state index contributed by atoms with van der Waals surface area (Å²) in [5.41, 5.74) is -1.16. The number of carbonyl (C=O) groups excluding carboxylic acids is 3. The largest absolute Gasteiger partial charge is 0.508 e. The summed E-state index contributed by atoms with van der Waals surface area (Å²) >= 11 is 0. The topological polar surface area (TPSA) is 165 Å². The minimum absolute atomic E-state index is 0.0190. The number of halogens is 3. The highest BCUT2D eigenvalue weighted by Gasteiger charge is 2.65. The zero-order valence-corrected chi connectivity index (χ0v) is 28.0. The van der Waals surface area contributed by atoms with Crippen molar-refractivity contribution >= 4 is 23.2 Å². The van der Waals surface area contributed by atoms with Crippen LogP contribution >= 0.6 is 0 Å². The van der Waals surface area contributed by atoms with Gasteiger partial charge in [-0.3, -0.25) is 24.2 Å². The molecule has 2 unspecified atom stereocenters. The van der Waals surface area contributed by atoms with Gasteiger partial charge in [0, 0.05) is 24.1 Å². The molecule has 0 spiro atoms. The number of nitrogens with two attached hydrogens (primary N) is 1. The first kappa shape index (κ1) is 34.4. The van der Waals surface area contributed by atoms with Gasteiger partial charge in [0.1, 0.15) is 22.8 Å². The molecular formula is C35H44F3N3O7. The van der Waals surface area contributed by atoms with Crippen LogP contribution in [0.1, 0.15) is 75.6 Å². The van der Waals surface area contributed by atoms with E-state index in [1.807, 2.05) is 11.8 Å². The van der Waals surface area contributed by atoms with Crippen LogP contribution in [0, 0.1) is 28.6 Å². The Bertz CT molecular complexity index is 1700. The fourth-order valence-electron chi connectivity index (χ4n) is 10.2. The molecule has 3 saturated carbocycles. The lowest BCUT2D eigenvalue weighted by Gasteiger charge is -2.50. The Morgan fingerprint density at radius 3 is 2.25 bits per heavy atom. The van der Waals surface area contributed by atoms with Crippen molar-refractivity contribution in [2.24, 2.45) is 34.3 Å². The van der Waals surface area contributed by atoms with Crippen LogP contribution < -0.4 is 5.73 Å². The molecular weight excluding hydrogens is 631 g/mol. The highest BCUT2D eigenvalue weighted by Crippen LogP contribution is 2.67. The van der Waals surface area contributed by atoms with Crippen LogP contribution in [-0.4, -0.2) is 86.0 Å². The lowest BCUT2D eigenvalue weighted by Crippen LogP contribution is -2.65. The number of primary amides is 1. The van der Waals surface area contributed by atoms with Gasteiger partial charge >= 0.3 is 6.18 Å². The number of carbonyl (C=O) groups is 3. The Morgan fingerprint density at radius 2 is 1.75 bits per heavy atom. The summed E-state index contributed by atoms with van der Waals surface area (Å²) in [6.07, 6.45) is -2.72. The highest BCUT2D eigenvalue weighted by molar-refractivity contribution is 6.24. The van der Waals surface area contributed by atoms with Gasteiger partial charge in [-0.25, -0.2) is 0 Å². The summed E-state index contributed by atoms with van der Waals surface area (Å²) in [6.45, 7) is 8.97. The zero-order valence-electron chi connectivity index (χ0n) is 28.0. The van der Waals surface area contributed by atoms with Crippen LogP contribution in [0.2, 0.25) is 0 Å². The molecule has 3 fully saturated rings. The fraction of sp³-hybridized carbons (Fsp3) is 0.629. The van der Waals surface area contributed by atoms with E-state index >= 15 is 13.2 Å². The van der Waals surface area contributed by atoms with Gasteiger partial charge in [0.25, 0.3) is 5.91 Å². The molecule has 13 heteroatoms. The molecule has 1 aromatic carbocycles. The number of amides is 1. The maximum absolute atomic E-state index is 15.2. The molecule has 0 heterocycles. The SMILES string of the molecule is CCN(Cc1cc(O)c2c(c1C(F)(F)F)C[C@H]1C[C@H]3[C@H](N(C)C)C(=O)C(C(N)=O)=C(O)[C@@]3(O)C(=O)C1=C2O)[C@H]1CC2CCC1(C)C2(C)C. The number of hydrogen-bond donors (Lipinski definition) is 5. The van der Waals surface area contributed by atoms with Crippen molar-refractivity contribution in [3.63, 3.8) is 0 Å². The third kappa shape index (κ3) is 4.38. The summed E-state index contributed by atoms with van der Waals surface area (Å²) in [7, 11) is 2.91. The van der Waals surface area contributed by atoms with E-state index < -0.39 is 93.1 Å². The van der Waals surface area contributed by atoms with E-state index in [1.54, 1.807) is 0 Å². The highest BCUT2D eigenvalue weighted by atomic mass is 19.4. The molecule has 1 amide bonds. The van der Waals surface area contributed by atoms with Crippen molar-refractivity contribution in [1.82, 2.24) is 9.80 Å². The molecule has 6 rings (SSSR count). The summed E-state index contributed by atoms with van der Waals surface area (Å²) in [6, 6.07) is -0.312. The molecule has 0 saturated heterocycles. The van der Waals surface area contributed by atoms with Gasteiger partial charge in [-0.1, -0.05) is 27.7 Å². The van der Waals surface area contributed by atoms with Crippen LogP contribution in [0.15, 0.2) is 23.0 Å². The molecule has 7 atom stereocenters. The van der Waals surface area contributed by atoms with E-state index in [0.717, 1.165) is 25.3 Å². The number of hydrogen-bond acceptors (Lipinski definition) is 9. The smallest absolute Gasteiger partial charge is 0.417 e. The predicted molar refractivity (Wildman–Crippen MR) is 168 cm³/mol. The number of phenolic OH excluding ortho intramolecular Hbond substituents is 1. The third-order valence-corrected chi connectivity index (χ3v) is 13.1. The minimum Gasteiger partial charge on any atom is -0.508 e. The number of rotatable bonds is 6. The van der Waals surface area contributed by atoms with E-state index in [9.17, 15) is 34.8 Å². The Labute approximate surface area is 277 Å². The first-order chi connectivity index (χ1) is 22.1. The van der Waals surface area contributed by atoms with Gasteiger partial charge in [0.05, 0.1) is 17.2 Å². The van der Waals surface area contributed by atoms with Crippen LogP contribution in [0.25, 0.3) is 5.76 Å². The number of alkyl halides is 3. The van der Waals surface area contributed by atoms with Crippen molar-refractivity contribution in [3.05, 3.63) is 45.2 Å². The van der Waals surface area contributed by atoms with Gasteiger partial charge in [0.2, 0.25) is 5.78 Å². The standard InChI is InChI=1S/C35H44F3N3O7/c1-7-41(21-13-17-8-9-33(21,4)32(17,2)3)14-16-12-20(42)23-18(25(16)35(36,37)38)10-15-11-19-26(40(5)6)28(44)24(31(39)47)30(46)34(19,48)29(45)22(15)27(23)43/h12,15,17,19,21,26,42-43,46,48H,7-11,13-14H2,1-6H3,(H2,39,47)/t15-,17?,19-,21-,26-,33?,34-/m0/s1. The number of nitrogens with zero attached hydrogens (tertiary/aromatic N) is 2. The lowest BCUT2D eigenvalue weighted by molar-refractivity contribution is -0.153. The average Bonchev–Trinajstić information content (AvgIpc) is 3.30. The van der Waals surface area contributed by atoms with Gasteiger partial charge in [0.15, 0.2) is 11.4 Å². The quantitative estimate of drug-likeness (QED) is 0.280. The number of fused-ring (bicyclic) bond motifs is 5. The fourth-order valence-corrected chi connectivity index (χ4v) is 10.2. The molecule has 5 aliphatic carbocycles. The van der Waals surface area contributed by atoms with Gasteiger partial charge < -0.3 is 26.2 Å². The van der Waals surface area contributed by atoms with Crippen LogP contribution in [0.4, 0.5) is 13.2 Å². The van der Waals surface area contributed by atoms with Gasteiger partial charge in [-0.05, 0) is 92.6 Å². The Kier molecular flexibility index (Phi) is 7.74. The van der Waals surface area contributed by atoms with Crippen molar-refractivity contribution in [1.29, 1.82) is 0 Å². The van der Waals surface area contributed by atoms with Crippen LogP contribution in [-0.2, 0) is 33.5 Å². The molecule has 10 nitrogen and oxygen atoms in total. The van der Waals surface area contributed by atoms with Crippen molar-refractivity contribution in [3.8, 4) is 5.75 Å². The van der Waals surface area contributed by atoms with Crippen LogP contribution in [0.5, 0.6) is 5.75 Å². The number of aromatic hydroxyl groups is 1. The van der Waals surface area contributed by atoms with Crippen LogP contribution in [0.3, 0.4) is 0 Å². The molecule has 5 aliphatic rings. The second-order valence-electron chi connectivity index (χ2n) is 15.4. The van der Waals surface area contributed by atoms with E-state index in [2.05, 4.69) is 20.8 Å². The first-order valence-electron chi connectivity index (χ1n) is 16.5. The Morgan fingerprint density at radius 1 is 1.10 bits per heavy atom. The third-order valence-electron chi connectivity index (χ3n) is 13.1. The van der Waals surface area contributed by atoms with E-state index in [0.29, 0.717) is 12.5 Å². The number of ketones is 2. The maximum atomic E-state index is 15.2. The summed E-state index contributed by atoms with van der Waals surface area (Å²) in [5, 5.41) is 45.5. The Balaban J connectivity index is 1.49. The lowest BCUT2D eigenvalue weighted by atomic mass is 9.57. The molecule has 6 N–H and O–H groups in total. The number of aliphatic hydroxyl groups is 3. The molecule has 0 radical (unpaired) electrons. The van der Waals surface area contributed by atoms with Crippen molar-refractivity contribution < 1.29 is 48.0 Å². The molecule has 48 heavy (non-hydrogen) atoms. The second-order valence-corrected chi connectivity index (χ2v) is 15.4. The number of benzene rings is 1. The van der Waals surface area contributed by atoms with E-state index in [4.69, 9.17) is 5.73 Å². The normalized spacial score (nSPS) is 34.2. The number of aliphatic hydroxyl groups excluding tert-OH is 2.